The Hall–Kier alpha value is -2.24. The highest BCUT2D eigenvalue weighted by Crippen LogP contribution is 2.54. The zero-order valence-corrected chi connectivity index (χ0v) is 15.0. The Morgan fingerprint density at radius 3 is 2.63 bits per heavy atom. The van der Waals surface area contributed by atoms with Gasteiger partial charge in [-0.1, -0.05) is 18.2 Å². The summed E-state index contributed by atoms with van der Waals surface area (Å²) in [5, 5.41) is 1.01. The molecule has 5 heteroatoms. The van der Waals surface area contributed by atoms with Crippen LogP contribution < -0.4 is 0 Å². The van der Waals surface area contributed by atoms with E-state index in [0.717, 1.165) is 55.4 Å². The van der Waals surface area contributed by atoms with Crippen LogP contribution >= 0.6 is 0 Å². The molecule has 2 aromatic carbocycles. The van der Waals surface area contributed by atoms with E-state index in [1.54, 1.807) is 18.2 Å². The Balaban J connectivity index is 1.54. The minimum Gasteiger partial charge on any atom is -0.357 e. The lowest BCUT2D eigenvalue weighted by Crippen LogP contribution is -2.66. The molecule has 3 aromatic rings. The number of hydrogen-bond acceptors (Lipinski definition) is 2. The molecule has 3 nitrogen and oxygen atoms in total. The van der Waals surface area contributed by atoms with Crippen molar-refractivity contribution in [2.24, 2.45) is 0 Å². The van der Waals surface area contributed by atoms with Crippen molar-refractivity contribution < 1.29 is 8.78 Å². The number of hydrogen-bond donors (Lipinski definition) is 1. The van der Waals surface area contributed by atoms with Crippen LogP contribution in [0.2, 0.25) is 0 Å². The van der Waals surface area contributed by atoms with E-state index in [1.165, 1.54) is 17.3 Å². The van der Waals surface area contributed by atoms with Crippen molar-refractivity contribution in [2.75, 3.05) is 19.6 Å². The van der Waals surface area contributed by atoms with Crippen LogP contribution in [-0.2, 0) is 12.0 Å². The molecule has 27 heavy (non-hydrogen) atoms. The number of benzene rings is 2. The van der Waals surface area contributed by atoms with Crippen molar-refractivity contribution in [3.63, 3.8) is 0 Å². The normalized spacial score (nSPS) is 29.7. The summed E-state index contributed by atoms with van der Waals surface area (Å²) >= 11 is 0. The Morgan fingerprint density at radius 1 is 1.00 bits per heavy atom. The van der Waals surface area contributed by atoms with Crippen molar-refractivity contribution in [1.82, 2.24) is 14.8 Å². The molecule has 0 aliphatic carbocycles. The second-order valence-electron chi connectivity index (χ2n) is 8.07. The van der Waals surface area contributed by atoms with Crippen molar-refractivity contribution in [3.05, 3.63) is 70.9 Å². The summed E-state index contributed by atoms with van der Waals surface area (Å²) in [5.74, 6) is -0.318. The second-order valence-corrected chi connectivity index (χ2v) is 8.07. The van der Waals surface area contributed by atoms with Gasteiger partial charge >= 0.3 is 0 Å². The van der Waals surface area contributed by atoms with E-state index in [4.69, 9.17) is 0 Å². The van der Waals surface area contributed by atoms with Gasteiger partial charge in [0.1, 0.15) is 11.6 Å². The Labute approximate surface area is 156 Å². The molecule has 138 valence electrons. The molecule has 1 aromatic heterocycles. The summed E-state index contributed by atoms with van der Waals surface area (Å²) in [7, 11) is 0. The molecule has 1 N–H and O–H groups in total. The number of H-pyrrole nitrogens is 1. The first-order chi connectivity index (χ1) is 13.2. The Morgan fingerprint density at radius 2 is 1.81 bits per heavy atom. The van der Waals surface area contributed by atoms with Gasteiger partial charge in [-0.15, -0.1) is 0 Å². The fourth-order valence-electron chi connectivity index (χ4n) is 5.74. The Kier molecular flexibility index (Phi) is 3.15. The lowest BCUT2D eigenvalue weighted by Gasteiger charge is -2.62. The molecule has 2 bridgehead atoms. The van der Waals surface area contributed by atoms with Crippen LogP contribution in [0.4, 0.5) is 8.78 Å². The summed E-state index contributed by atoms with van der Waals surface area (Å²) < 4.78 is 28.5. The molecule has 3 saturated heterocycles. The molecular formula is C22H21F2N3. The largest absolute Gasteiger partial charge is 0.357 e. The highest BCUT2D eigenvalue weighted by molar-refractivity contribution is 5.85. The zero-order chi connectivity index (χ0) is 18.2. The number of nitrogens with zero attached hydrogens (tertiary/aromatic N) is 2. The van der Waals surface area contributed by atoms with Crippen LogP contribution in [0.5, 0.6) is 0 Å². The summed E-state index contributed by atoms with van der Waals surface area (Å²) in [6, 6.07) is 12.2. The van der Waals surface area contributed by atoms with E-state index in [2.05, 4.69) is 14.8 Å². The van der Waals surface area contributed by atoms with Gasteiger partial charge in [-0.05, 0) is 49.1 Å². The standard InChI is InChI=1S/C22H21F2N3/c23-14-5-6-19-17(13-14)15-7-10-27-21(16-3-1-2-4-18(16)24)26-11-8-22(27,9-12-26)20(15)25-19/h1-6,13,21,25H,7-12H2. The third kappa shape index (κ3) is 2.01. The Bertz CT molecular complexity index is 1050. The monoisotopic (exact) mass is 365 g/mol. The lowest BCUT2D eigenvalue weighted by molar-refractivity contribution is -0.150. The maximum atomic E-state index is 14.7. The van der Waals surface area contributed by atoms with Crippen molar-refractivity contribution >= 4 is 10.9 Å². The topological polar surface area (TPSA) is 22.3 Å². The molecule has 3 fully saturated rings. The molecule has 0 amide bonds. The van der Waals surface area contributed by atoms with Crippen LogP contribution in [0.3, 0.4) is 0 Å². The van der Waals surface area contributed by atoms with Crippen LogP contribution in [0.15, 0.2) is 42.5 Å². The van der Waals surface area contributed by atoms with Crippen LogP contribution in [0.25, 0.3) is 10.9 Å². The average molecular weight is 365 g/mol. The van der Waals surface area contributed by atoms with E-state index >= 15 is 0 Å². The van der Waals surface area contributed by atoms with Gasteiger partial charge in [0.15, 0.2) is 0 Å². The van der Waals surface area contributed by atoms with Crippen molar-refractivity contribution in [3.8, 4) is 0 Å². The maximum absolute atomic E-state index is 14.7. The quantitative estimate of drug-likeness (QED) is 0.694. The highest BCUT2D eigenvalue weighted by atomic mass is 19.1. The highest BCUT2D eigenvalue weighted by Gasteiger charge is 2.55. The summed E-state index contributed by atoms with van der Waals surface area (Å²) in [6.07, 6.45) is 2.89. The summed E-state index contributed by atoms with van der Waals surface area (Å²) in [5.41, 5.74) is 4.16. The molecular weight excluding hydrogens is 344 g/mol. The van der Waals surface area contributed by atoms with Crippen LogP contribution in [-0.4, -0.2) is 34.4 Å². The predicted octanol–water partition coefficient (Wildman–Crippen LogP) is 4.31. The number of aromatic amines is 1. The number of piperidine rings is 1. The fourth-order valence-corrected chi connectivity index (χ4v) is 5.74. The second kappa shape index (κ2) is 5.40. The predicted molar refractivity (Wildman–Crippen MR) is 100 cm³/mol. The molecule has 4 aliphatic rings. The molecule has 1 spiro atoms. The average Bonchev–Trinajstić information content (AvgIpc) is 3.07. The van der Waals surface area contributed by atoms with E-state index in [9.17, 15) is 8.78 Å². The third-order valence-corrected chi connectivity index (χ3v) is 6.94. The summed E-state index contributed by atoms with van der Waals surface area (Å²) in [6.45, 7) is 2.78. The molecule has 0 saturated carbocycles. The van der Waals surface area contributed by atoms with Gasteiger partial charge in [-0.3, -0.25) is 9.80 Å². The van der Waals surface area contributed by atoms with Gasteiger partial charge < -0.3 is 4.98 Å². The first-order valence-corrected chi connectivity index (χ1v) is 9.73. The van der Waals surface area contributed by atoms with E-state index in [1.807, 2.05) is 18.2 Å². The van der Waals surface area contributed by atoms with E-state index < -0.39 is 0 Å². The smallest absolute Gasteiger partial charge is 0.129 e. The molecule has 1 atom stereocenters. The van der Waals surface area contributed by atoms with Gasteiger partial charge in [0.25, 0.3) is 0 Å². The third-order valence-electron chi connectivity index (χ3n) is 6.94. The molecule has 5 heterocycles. The van der Waals surface area contributed by atoms with E-state index in [0.29, 0.717) is 0 Å². The minimum absolute atomic E-state index is 0.0231. The molecule has 7 rings (SSSR count). The van der Waals surface area contributed by atoms with Gasteiger partial charge in [-0.25, -0.2) is 8.78 Å². The van der Waals surface area contributed by atoms with Crippen LogP contribution in [0, 0.1) is 11.6 Å². The molecule has 1 unspecified atom stereocenters. The van der Waals surface area contributed by atoms with Crippen LogP contribution in [0.1, 0.15) is 35.8 Å². The maximum Gasteiger partial charge on any atom is 0.129 e. The van der Waals surface area contributed by atoms with Gasteiger partial charge in [0.2, 0.25) is 0 Å². The van der Waals surface area contributed by atoms with Gasteiger partial charge in [0, 0.05) is 41.8 Å². The van der Waals surface area contributed by atoms with Gasteiger partial charge in [-0.2, -0.15) is 0 Å². The molecule has 4 aliphatic heterocycles. The minimum atomic E-state index is -0.188. The number of rotatable bonds is 1. The lowest BCUT2D eigenvalue weighted by atomic mass is 9.73. The van der Waals surface area contributed by atoms with E-state index in [-0.39, 0.29) is 23.3 Å². The fraction of sp³-hybridized carbons (Fsp3) is 0.364. The first kappa shape index (κ1) is 15.8. The van der Waals surface area contributed by atoms with Crippen molar-refractivity contribution in [1.29, 1.82) is 0 Å². The summed E-state index contributed by atoms with van der Waals surface area (Å²) in [4.78, 5) is 8.53. The van der Waals surface area contributed by atoms with Gasteiger partial charge in [0.05, 0.1) is 11.7 Å². The first-order valence-electron chi connectivity index (χ1n) is 9.73. The number of aromatic nitrogens is 1. The zero-order valence-electron chi connectivity index (χ0n) is 15.0. The molecule has 0 radical (unpaired) electrons. The van der Waals surface area contributed by atoms with Crippen molar-refractivity contribution in [2.45, 2.75) is 31.0 Å². The number of fused-ring (bicyclic) bond motifs is 5. The SMILES string of the molecule is Fc1ccc2[nH]c3c(c2c1)CCN1C(c2ccccc2F)N2CCC31CC2. The number of nitrogens with one attached hydrogen (secondary N) is 1. The number of halogens is 2.